The Hall–Kier alpha value is -6.97. The molecule has 1 saturated carbocycles. The summed E-state index contributed by atoms with van der Waals surface area (Å²) in [7, 11) is 1.94. The number of carbonyl (C=O) groups is 2. The molecule has 7 aromatic rings. The average molecular weight is 932 g/mol. The molecular formula is C52H50ClN9O6. The Labute approximate surface area is 396 Å². The van der Waals surface area contributed by atoms with Crippen LogP contribution in [0.5, 0.6) is 5.75 Å². The molecule has 346 valence electrons. The van der Waals surface area contributed by atoms with Gasteiger partial charge in [-0.05, 0) is 98.7 Å². The summed E-state index contributed by atoms with van der Waals surface area (Å²) in [5, 5.41) is 34.9. The second-order valence-corrected chi connectivity index (χ2v) is 19.8. The number of fused-ring (bicyclic) bond motifs is 7. The quantitative estimate of drug-likeness (QED) is 0.0946. The molecule has 3 aromatic carbocycles. The molecule has 68 heavy (non-hydrogen) atoms. The predicted molar refractivity (Wildman–Crippen MR) is 258 cm³/mol. The fraction of sp³-hybridized carbons (Fsp3) is 0.346. The van der Waals surface area contributed by atoms with Gasteiger partial charge in [0.1, 0.15) is 24.7 Å². The molecule has 3 N–H and O–H groups in total. The molecular weight excluding hydrogens is 882 g/mol. The second kappa shape index (κ2) is 15.0. The summed E-state index contributed by atoms with van der Waals surface area (Å²) >= 11 is 7.17. The molecule has 4 aliphatic heterocycles. The van der Waals surface area contributed by atoms with Crippen LogP contribution in [0.25, 0.3) is 49.8 Å². The van der Waals surface area contributed by atoms with Gasteiger partial charge in [0.05, 0.1) is 46.1 Å². The number of amides is 1. The zero-order chi connectivity index (χ0) is 47.1. The number of nitrogens with one attached hydrogen (secondary N) is 2. The number of cyclic esters (lactones) is 1. The van der Waals surface area contributed by atoms with E-state index in [9.17, 15) is 19.5 Å². The first-order valence-corrected chi connectivity index (χ1v) is 23.6. The number of allylic oxidation sites excluding steroid dienone is 1. The van der Waals surface area contributed by atoms with Crippen LogP contribution < -0.4 is 15.6 Å². The number of likely N-dealkylation sites (tertiary alicyclic amines) is 1. The van der Waals surface area contributed by atoms with Crippen LogP contribution in [-0.2, 0) is 40.1 Å². The van der Waals surface area contributed by atoms with Crippen LogP contribution in [0.2, 0.25) is 5.02 Å². The molecule has 0 bridgehead atoms. The summed E-state index contributed by atoms with van der Waals surface area (Å²) in [6.07, 6.45) is 6.29. The standard InChI is InChI=1S/C52H50ClN9O6/c1-7-33-34-15-32(10-11-39(34)56-47-36(33)21-61-42(47)16-38-37(49(61)64)23-68-50(65)52(38,66)8-2)67-22-27(4)48(63)60-24-51(25-60)17-31(18-51)62-28(5)43(44-35-20-54-57-40(35)13-26(3)45(44)53)46(58-62)29-9-12-41-30(14-29)19-55-59(41)6/h9-16,19-20,31,47,56,66H,4,7-8,17-18,21-25H2,1-3,5-6H3,(H,54,57). The lowest BCUT2D eigenvalue weighted by atomic mass is 9.60. The number of pyridine rings is 1. The minimum atomic E-state index is -1.87. The van der Waals surface area contributed by atoms with Gasteiger partial charge in [0.25, 0.3) is 11.5 Å². The van der Waals surface area contributed by atoms with Crippen LogP contribution in [0.15, 0.2) is 83.4 Å². The average Bonchev–Trinajstić information content (AvgIpc) is 4.10. The van der Waals surface area contributed by atoms with Crippen molar-refractivity contribution in [2.45, 2.75) is 84.2 Å². The Morgan fingerprint density at radius 2 is 1.87 bits per heavy atom. The number of aryl methyl sites for hydroxylation is 2. The van der Waals surface area contributed by atoms with Crippen LogP contribution in [0, 0.1) is 19.3 Å². The molecule has 1 amide bonds. The summed E-state index contributed by atoms with van der Waals surface area (Å²) < 4.78 is 17.3. The van der Waals surface area contributed by atoms with Crippen molar-refractivity contribution in [3.63, 3.8) is 0 Å². The number of hydrogen-bond donors (Lipinski definition) is 3. The predicted octanol–water partition coefficient (Wildman–Crippen LogP) is 8.21. The van der Waals surface area contributed by atoms with Gasteiger partial charge in [0.2, 0.25) is 0 Å². The van der Waals surface area contributed by atoms with E-state index in [1.165, 1.54) is 0 Å². The summed E-state index contributed by atoms with van der Waals surface area (Å²) in [6.45, 7) is 13.6. The number of aliphatic hydroxyl groups is 1. The maximum Gasteiger partial charge on any atom is 0.343 e. The maximum atomic E-state index is 13.8. The number of benzene rings is 3. The van der Waals surface area contributed by atoms with Crippen molar-refractivity contribution in [1.82, 2.24) is 39.2 Å². The number of nitrogens with zero attached hydrogens (tertiary/aromatic N) is 7. The van der Waals surface area contributed by atoms with E-state index in [1.807, 2.05) is 60.2 Å². The van der Waals surface area contributed by atoms with Gasteiger partial charge in [0, 0.05) is 93.3 Å². The Kier molecular flexibility index (Phi) is 9.36. The van der Waals surface area contributed by atoms with E-state index in [4.69, 9.17) is 26.2 Å². The molecule has 4 aromatic heterocycles. The highest BCUT2D eigenvalue weighted by atomic mass is 35.5. The summed E-state index contributed by atoms with van der Waals surface area (Å²) in [5.74, 6) is -0.239. The molecule has 2 atom stereocenters. The van der Waals surface area contributed by atoms with E-state index in [0.717, 1.165) is 90.7 Å². The number of halogens is 1. The number of ether oxygens (including phenoxy) is 2. The third kappa shape index (κ3) is 6.07. The molecule has 12 rings (SSSR count). The second-order valence-electron chi connectivity index (χ2n) is 19.4. The fourth-order valence-corrected chi connectivity index (χ4v) is 12.0. The summed E-state index contributed by atoms with van der Waals surface area (Å²) in [4.78, 5) is 42.1. The van der Waals surface area contributed by atoms with Crippen molar-refractivity contribution < 1.29 is 24.2 Å². The van der Waals surface area contributed by atoms with Gasteiger partial charge in [0.15, 0.2) is 5.60 Å². The Morgan fingerprint density at radius 1 is 1.06 bits per heavy atom. The summed E-state index contributed by atoms with van der Waals surface area (Å²) in [6, 6.07) is 15.8. The van der Waals surface area contributed by atoms with Gasteiger partial charge >= 0.3 is 5.97 Å². The van der Waals surface area contributed by atoms with E-state index in [0.29, 0.717) is 59.2 Å². The van der Waals surface area contributed by atoms with Crippen LogP contribution in [0.4, 0.5) is 5.69 Å². The lowest BCUT2D eigenvalue weighted by Crippen LogP contribution is -2.64. The highest BCUT2D eigenvalue weighted by molar-refractivity contribution is 6.36. The van der Waals surface area contributed by atoms with Gasteiger partial charge in [-0.3, -0.25) is 24.1 Å². The number of hydrogen-bond acceptors (Lipinski definition) is 10. The maximum absolute atomic E-state index is 13.8. The van der Waals surface area contributed by atoms with E-state index >= 15 is 0 Å². The Bertz CT molecular complexity index is 3470. The molecule has 5 aliphatic rings. The van der Waals surface area contributed by atoms with Gasteiger partial charge in [-0.1, -0.05) is 38.1 Å². The molecule has 1 saturated heterocycles. The van der Waals surface area contributed by atoms with E-state index in [2.05, 4.69) is 63.9 Å². The number of anilines is 1. The molecule has 16 heteroatoms. The first kappa shape index (κ1) is 42.4. The van der Waals surface area contributed by atoms with E-state index in [1.54, 1.807) is 17.6 Å². The Balaban J connectivity index is 0.735. The van der Waals surface area contributed by atoms with Gasteiger partial charge in [-0.25, -0.2) is 4.79 Å². The van der Waals surface area contributed by atoms with Crippen molar-refractivity contribution in [3.8, 4) is 28.1 Å². The van der Waals surface area contributed by atoms with Gasteiger partial charge in [-0.2, -0.15) is 15.3 Å². The van der Waals surface area contributed by atoms with Crippen LogP contribution in [0.1, 0.15) is 85.3 Å². The van der Waals surface area contributed by atoms with Crippen molar-refractivity contribution in [2.75, 3.05) is 25.0 Å². The zero-order valence-corrected chi connectivity index (χ0v) is 39.3. The normalized spacial score (nSPS) is 20.1. The topological polar surface area (TPSA) is 174 Å². The third-order valence-corrected chi connectivity index (χ3v) is 15.9. The van der Waals surface area contributed by atoms with E-state index in [-0.39, 0.29) is 48.6 Å². The summed E-state index contributed by atoms with van der Waals surface area (Å²) in [5.41, 5.74) is 11.3. The zero-order valence-electron chi connectivity index (χ0n) is 38.5. The molecule has 2 fully saturated rings. The molecule has 1 spiro atoms. The number of carbonyl (C=O) groups excluding carboxylic acids is 2. The van der Waals surface area contributed by atoms with Gasteiger partial charge in [-0.15, -0.1) is 0 Å². The minimum Gasteiger partial charge on any atom is -0.489 e. The van der Waals surface area contributed by atoms with Crippen molar-refractivity contribution in [3.05, 3.63) is 128 Å². The Morgan fingerprint density at radius 3 is 2.65 bits per heavy atom. The number of rotatable bonds is 9. The van der Waals surface area contributed by atoms with Crippen molar-refractivity contribution in [2.24, 2.45) is 12.5 Å². The lowest BCUT2D eigenvalue weighted by Gasteiger charge is -2.59. The SMILES string of the molecule is C=C(COc1ccc2c(c1)C(CC)=C1Cn3c(cc4c(c3=O)COC(=O)C4(O)CC)C1N2)C(=O)N1CC2(CC(n3nc(-c4ccc5c(cnn5C)c4)c(-c4c(Cl)c(C)cc5[nH]ncc45)c3C)C2)C1. The minimum absolute atomic E-state index is 0.00774. The van der Waals surface area contributed by atoms with Crippen LogP contribution >= 0.6 is 11.6 Å². The van der Waals surface area contributed by atoms with E-state index < -0.39 is 11.6 Å². The van der Waals surface area contributed by atoms with Gasteiger partial charge < -0.3 is 29.4 Å². The molecule has 8 heterocycles. The smallest absolute Gasteiger partial charge is 0.343 e. The molecule has 15 nitrogen and oxygen atoms in total. The largest absolute Gasteiger partial charge is 0.489 e. The highest BCUT2D eigenvalue weighted by Crippen LogP contribution is 2.56. The van der Waals surface area contributed by atoms with Crippen molar-refractivity contribution in [1.29, 1.82) is 0 Å². The molecule has 1 aliphatic carbocycles. The first-order chi connectivity index (χ1) is 32.7. The number of H-pyrrole nitrogens is 1. The fourth-order valence-electron chi connectivity index (χ4n) is 11.8. The number of aromatic nitrogens is 7. The number of esters is 1. The number of aromatic amines is 1. The lowest BCUT2D eigenvalue weighted by molar-refractivity contribution is -0.172. The first-order valence-electron chi connectivity index (χ1n) is 23.2. The highest BCUT2D eigenvalue weighted by Gasteiger charge is 2.55. The molecule has 2 unspecified atom stereocenters. The molecule has 0 radical (unpaired) electrons. The van der Waals surface area contributed by atoms with Crippen LogP contribution in [0.3, 0.4) is 0 Å². The monoisotopic (exact) mass is 931 g/mol. The van der Waals surface area contributed by atoms with Crippen molar-refractivity contribution >= 4 is 56.5 Å². The third-order valence-electron chi connectivity index (χ3n) is 15.4. The van der Waals surface area contributed by atoms with Crippen LogP contribution in [-0.4, -0.2) is 75.9 Å².